The highest BCUT2D eigenvalue weighted by molar-refractivity contribution is 6.31. The summed E-state index contributed by atoms with van der Waals surface area (Å²) in [6.07, 6.45) is 8.08. The molecule has 4 atom stereocenters. The maximum atomic E-state index is 13.1. The molecule has 2 amide bonds. The van der Waals surface area contributed by atoms with Crippen molar-refractivity contribution in [1.82, 2.24) is 5.01 Å². The Morgan fingerprint density at radius 2 is 1.76 bits per heavy atom. The first kappa shape index (κ1) is 20.5. The van der Waals surface area contributed by atoms with Gasteiger partial charge in [0.05, 0.1) is 25.2 Å². The maximum Gasteiger partial charge on any atom is 0.254 e. The number of rotatable bonds is 6. The molecule has 0 N–H and O–H groups in total. The Hall–Kier alpha value is -3.12. The molecule has 1 aliphatic heterocycles. The molecule has 7 heteroatoms. The van der Waals surface area contributed by atoms with Gasteiger partial charge in [-0.2, -0.15) is 10.1 Å². The molecule has 1 spiro atoms. The summed E-state index contributed by atoms with van der Waals surface area (Å²) < 4.78 is 11.4. The van der Waals surface area contributed by atoms with E-state index in [2.05, 4.69) is 17.3 Å². The monoisotopic (exact) mass is 462 g/mol. The topological polar surface area (TPSA) is 68.2 Å². The van der Waals surface area contributed by atoms with Crippen LogP contribution in [0.2, 0.25) is 5.02 Å². The van der Waals surface area contributed by atoms with Crippen LogP contribution in [0.15, 0.2) is 59.7 Å². The maximum absolute atomic E-state index is 13.1. The smallest absolute Gasteiger partial charge is 0.254 e. The Morgan fingerprint density at radius 1 is 1.06 bits per heavy atom. The number of hydrazone groups is 1. The Kier molecular flexibility index (Phi) is 4.63. The predicted molar refractivity (Wildman–Crippen MR) is 123 cm³/mol. The number of carbonyl (C=O) groups is 2. The number of nitrogens with zero attached hydrogens (tertiary/aromatic N) is 2. The Morgan fingerprint density at radius 3 is 2.39 bits per heavy atom. The van der Waals surface area contributed by atoms with Crippen molar-refractivity contribution in [3.05, 3.63) is 70.8 Å². The van der Waals surface area contributed by atoms with E-state index in [1.165, 1.54) is 6.21 Å². The second kappa shape index (κ2) is 7.45. The molecule has 0 unspecified atom stereocenters. The molecular formula is C26H23ClN2O4. The molecule has 0 radical (unpaired) electrons. The average Bonchev–Trinajstić information content (AvgIpc) is 3.43. The van der Waals surface area contributed by atoms with Gasteiger partial charge in [0, 0.05) is 10.6 Å². The first-order chi connectivity index (χ1) is 16.0. The molecular weight excluding hydrogens is 440 g/mol. The summed E-state index contributed by atoms with van der Waals surface area (Å²) in [5, 5.41) is 6.00. The zero-order valence-corrected chi connectivity index (χ0v) is 18.9. The van der Waals surface area contributed by atoms with Crippen LogP contribution in [0.5, 0.6) is 11.5 Å². The van der Waals surface area contributed by atoms with Crippen LogP contribution in [0.1, 0.15) is 24.0 Å². The van der Waals surface area contributed by atoms with Crippen LogP contribution in [-0.2, 0) is 16.2 Å². The van der Waals surface area contributed by atoms with E-state index in [0.29, 0.717) is 28.7 Å². The van der Waals surface area contributed by atoms with E-state index in [1.54, 1.807) is 19.2 Å². The van der Waals surface area contributed by atoms with Gasteiger partial charge in [-0.3, -0.25) is 9.59 Å². The molecule has 168 valence electrons. The van der Waals surface area contributed by atoms with Gasteiger partial charge in [0.25, 0.3) is 11.8 Å². The molecule has 6 rings (SSSR count). The lowest BCUT2D eigenvalue weighted by Crippen LogP contribution is -2.30. The molecule has 2 bridgehead atoms. The third kappa shape index (κ3) is 3.04. The molecule has 1 heterocycles. The van der Waals surface area contributed by atoms with Crippen molar-refractivity contribution in [1.29, 1.82) is 0 Å². The van der Waals surface area contributed by atoms with E-state index in [-0.39, 0.29) is 40.9 Å². The van der Waals surface area contributed by atoms with Crippen molar-refractivity contribution < 1.29 is 19.1 Å². The number of methoxy groups -OCH3 is 1. The number of carbonyl (C=O) groups excluding carboxylic acids is 2. The third-order valence-electron chi connectivity index (χ3n) is 7.68. The SMILES string of the molecule is COc1cc(/C=N\N2C(=O)[C@@H]3[C@@H](C2=O)[C@H]2C=C[C@H]3C23CC3)ccc1OCc1ccccc1Cl. The number of imide groups is 1. The molecule has 3 fully saturated rings. The molecule has 2 aromatic carbocycles. The lowest BCUT2D eigenvalue weighted by Gasteiger charge is -2.18. The summed E-state index contributed by atoms with van der Waals surface area (Å²) in [4.78, 5) is 26.1. The fraction of sp³-hybridized carbons (Fsp3) is 0.346. The minimum atomic E-state index is -0.248. The van der Waals surface area contributed by atoms with E-state index < -0.39 is 0 Å². The number of fused-ring (bicyclic) bond motifs is 3. The van der Waals surface area contributed by atoms with E-state index in [9.17, 15) is 9.59 Å². The quantitative estimate of drug-likeness (QED) is 0.361. The van der Waals surface area contributed by atoms with Crippen LogP contribution < -0.4 is 9.47 Å². The highest BCUT2D eigenvalue weighted by Crippen LogP contribution is 2.73. The number of benzene rings is 2. The van der Waals surface area contributed by atoms with E-state index in [1.807, 2.05) is 30.3 Å². The molecule has 4 aliphatic rings. The lowest BCUT2D eigenvalue weighted by molar-refractivity contribution is -0.141. The second-order valence-corrected chi connectivity index (χ2v) is 9.65. The Labute approximate surface area is 196 Å². The van der Waals surface area contributed by atoms with Crippen molar-refractivity contribution in [3.63, 3.8) is 0 Å². The van der Waals surface area contributed by atoms with E-state index >= 15 is 0 Å². The zero-order valence-electron chi connectivity index (χ0n) is 18.1. The molecule has 33 heavy (non-hydrogen) atoms. The van der Waals surface area contributed by atoms with Gasteiger partial charge in [-0.15, -0.1) is 0 Å². The average molecular weight is 463 g/mol. The number of amides is 2. The van der Waals surface area contributed by atoms with Crippen LogP contribution >= 0.6 is 11.6 Å². The molecule has 6 nitrogen and oxygen atoms in total. The van der Waals surface area contributed by atoms with Crippen molar-refractivity contribution in [2.75, 3.05) is 7.11 Å². The highest BCUT2D eigenvalue weighted by atomic mass is 35.5. The summed E-state index contributed by atoms with van der Waals surface area (Å²) in [5.41, 5.74) is 1.76. The standard InChI is InChI=1S/C26H23ClN2O4/c1-32-21-12-15(6-9-20(21)33-14-16-4-2-3-5-19(16)27)13-28-29-24(30)22-17-7-8-18(23(22)25(29)31)26(17)10-11-26/h2-9,12-13,17-18,22-23H,10-11,14H2,1H3/b28-13-/t17-,18-,22+,23+/m1/s1. The predicted octanol–water partition coefficient (Wildman–Crippen LogP) is 4.46. The summed E-state index contributed by atoms with van der Waals surface area (Å²) in [6, 6.07) is 12.9. The van der Waals surface area contributed by atoms with Crippen LogP contribution in [-0.4, -0.2) is 30.1 Å². The fourth-order valence-electron chi connectivity index (χ4n) is 5.96. The summed E-state index contributed by atoms with van der Waals surface area (Å²) in [7, 11) is 1.56. The Balaban J connectivity index is 1.18. The van der Waals surface area contributed by atoms with Gasteiger partial charge in [0.15, 0.2) is 11.5 Å². The summed E-state index contributed by atoms with van der Waals surface area (Å²) in [6.45, 7) is 0.306. The molecule has 2 aromatic rings. The van der Waals surface area contributed by atoms with Crippen molar-refractivity contribution in [2.45, 2.75) is 19.4 Å². The van der Waals surface area contributed by atoms with Crippen LogP contribution in [0, 0.1) is 29.1 Å². The third-order valence-corrected chi connectivity index (χ3v) is 8.05. The minimum Gasteiger partial charge on any atom is -0.493 e. The minimum absolute atomic E-state index is 0.170. The van der Waals surface area contributed by atoms with Crippen molar-refractivity contribution in [2.24, 2.45) is 34.2 Å². The number of halogens is 1. The first-order valence-corrected chi connectivity index (χ1v) is 11.6. The van der Waals surface area contributed by atoms with Crippen LogP contribution in [0.4, 0.5) is 0 Å². The molecule has 3 aliphatic carbocycles. The second-order valence-electron chi connectivity index (χ2n) is 9.24. The lowest BCUT2D eigenvalue weighted by atomic mass is 9.85. The number of ether oxygens (including phenoxy) is 2. The largest absolute Gasteiger partial charge is 0.493 e. The molecule has 1 saturated heterocycles. The number of hydrogen-bond donors (Lipinski definition) is 0. The van der Waals surface area contributed by atoms with Gasteiger partial charge < -0.3 is 9.47 Å². The van der Waals surface area contributed by atoms with Crippen LogP contribution in [0.25, 0.3) is 0 Å². The zero-order chi connectivity index (χ0) is 22.7. The summed E-state index contributed by atoms with van der Waals surface area (Å²) >= 11 is 6.20. The van der Waals surface area contributed by atoms with Crippen LogP contribution in [0.3, 0.4) is 0 Å². The molecule has 0 aromatic heterocycles. The van der Waals surface area contributed by atoms with Gasteiger partial charge in [0.2, 0.25) is 0 Å². The van der Waals surface area contributed by atoms with Gasteiger partial charge >= 0.3 is 0 Å². The van der Waals surface area contributed by atoms with E-state index in [4.69, 9.17) is 21.1 Å². The van der Waals surface area contributed by atoms with Gasteiger partial charge in [-0.05, 0) is 59.9 Å². The fourth-order valence-corrected chi connectivity index (χ4v) is 6.15. The van der Waals surface area contributed by atoms with Crippen molar-refractivity contribution in [3.8, 4) is 11.5 Å². The number of allylic oxidation sites excluding steroid dienone is 2. The van der Waals surface area contributed by atoms with E-state index in [0.717, 1.165) is 23.4 Å². The summed E-state index contributed by atoms with van der Waals surface area (Å²) in [5.74, 6) is 0.642. The first-order valence-electron chi connectivity index (χ1n) is 11.2. The Bertz CT molecular complexity index is 1180. The van der Waals surface area contributed by atoms with Gasteiger partial charge in [-0.1, -0.05) is 42.0 Å². The van der Waals surface area contributed by atoms with Gasteiger partial charge in [-0.25, -0.2) is 0 Å². The van der Waals surface area contributed by atoms with Crippen molar-refractivity contribution >= 4 is 29.6 Å². The highest BCUT2D eigenvalue weighted by Gasteiger charge is 2.73. The molecule has 2 saturated carbocycles. The normalized spacial score (nSPS) is 28.2. The number of hydrogen-bond acceptors (Lipinski definition) is 5. The van der Waals surface area contributed by atoms with Gasteiger partial charge in [0.1, 0.15) is 6.61 Å².